The first kappa shape index (κ1) is 22.8. The predicted octanol–water partition coefficient (Wildman–Crippen LogP) is 4.65. The minimum absolute atomic E-state index is 0.223. The molecule has 0 aromatic heterocycles. The number of amides is 1. The van der Waals surface area contributed by atoms with Gasteiger partial charge >= 0.3 is 0 Å². The molecule has 2 atom stereocenters. The Morgan fingerprint density at radius 2 is 2.17 bits per heavy atom. The molecule has 6 heteroatoms. The highest BCUT2D eigenvalue weighted by Crippen LogP contribution is 2.40. The predicted molar refractivity (Wildman–Crippen MR) is 125 cm³/mol. The van der Waals surface area contributed by atoms with Crippen LogP contribution < -0.4 is 10.8 Å². The molecule has 1 aliphatic heterocycles. The summed E-state index contributed by atoms with van der Waals surface area (Å²) in [6.07, 6.45) is 8.93. The van der Waals surface area contributed by atoms with Gasteiger partial charge in [-0.1, -0.05) is 45.0 Å². The summed E-state index contributed by atoms with van der Waals surface area (Å²) in [5.41, 5.74) is 7.92. The van der Waals surface area contributed by atoms with Crippen molar-refractivity contribution in [3.63, 3.8) is 0 Å². The van der Waals surface area contributed by atoms with E-state index in [9.17, 15) is 4.79 Å². The number of nitrogens with zero attached hydrogens (tertiary/aromatic N) is 1. The number of thioether (sulfide) groups is 1. The summed E-state index contributed by atoms with van der Waals surface area (Å²) in [4.78, 5) is 22.7. The average molecular weight is 428 g/mol. The van der Waals surface area contributed by atoms with E-state index in [-0.39, 0.29) is 6.04 Å². The number of fused-ring (bicyclic) bond motifs is 2. The quantitative estimate of drug-likeness (QED) is 0.307. The van der Waals surface area contributed by atoms with Crippen molar-refractivity contribution in [1.29, 1.82) is 0 Å². The monoisotopic (exact) mass is 427 g/mol. The van der Waals surface area contributed by atoms with Crippen molar-refractivity contribution in [1.82, 2.24) is 10.8 Å². The lowest BCUT2D eigenvalue weighted by Crippen LogP contribution is -2.32. The largest absolute Gasteiger partial charge is 0.359 e. The number of aliphatic imine (C=N–C) groups is 1. The summed E-state index contributed by atoms with van der Waals surface area (Å²) in [7, 11) is 0. The first-order valence-corrected chi connectivity index (χ1v) is 11.8. The maximum absolute atomic E-state index is 10.4. The maximum atomic E-state index is 10.4. The molecule has 0 radical (unpaired) electrons. The minimum Gasteiger partial charge on any atom is -0.359 e. The van der Waals surface area contributed by atoms with Crippen LogP contribution in [0.15, 0.2) is 57.6 Å². The van der Waals surface area contributed by atoms with E-state index in [2.05, 4.69) is 68.0 Å². The summed E-state index contributed by atoms with van der Waals surface area (Å²) in [5, 5.41) is 3.05. The van der Waals surface area contributed by atoms with E-state index >= 15 is 0 Å². The second-order valence-corrected chi connectivity index (χ2v) is 9.46. The van der Waals surface area contributed by atoms with Gasteiger partial charge in [0.2, 0.25) is 6.41 Å². The van der Waals surface area contributed by atoms with E-state index < -0.39 is 0 Å². The number of hydroxylamine groups is 1. The van der Waals surface area contributed by atoms with E-state index in [0.29, 0.717) is 24.3 Å². The van der Waals surface area contributed by atoms with Gasteiger partial charge in [0.1, 0.15) is 0 Å². The number of carbonyl (C=O) groups is 1. The molecule has 3 rings (SSSR count). The number of allylic oxidation sites excluding steroid dienone is 1. The summed E-state index contributed by atoms with van der Waals surface area (Å²) in [5.74, 6) is 0.560. The third-order valence-corrected chi connectivity index (χ3v) is 6.62. The normalized spacial score (nSPS) is 19.1. The molecular weight excluding hydrogens is 394 g/mol. The van der Waals surface area contributed by atoms with Crippen molar-refractivity contribution in [3.8, 4) is 0 Å². The fourth-order valence-corrected chi connectivity index (χ4v) is 4.87. The molecule has 1 heterocycles. The Hall–Kier alpha value is -1.89. The topological polar surface area (TPSA) is 62.7 Å². The van der Waals surface area contributed by atoms with Gasteiger partial charge in [0.05, 0.1) is 17.6 Å². The molecule has 30 heavy (non-hydrogen) atoms. The minimum atomic E-state index is 0.223. The molecule has 0 spiro atoms. The first-order valence-electron chi connectivity index (χ1n) is 10.9. The molecule has 0 saturated heterocycles. The fourth-order valence-electron chi connectivity index (χ4n) is 3.66. The summed E-state index contributed by atoms with van der Waals surface area (Å²) >= 11 is 1.92. The highest BCUT2D eigenvalue weighted by molar-refractivity contribution is 8.00. The van der Waals surface area contributed by atoms with Crippen LogP contribution in [0.2, 0.25) is 0 Å². The van der Waals surface area contributed by atoms with Gasteiger partial charge < -0.3 is 5.32 Å². The maximum Gasteiger partial charge on any atom is 0.207 e. The third-order valence-electron chi connectivity index (χ3n) is 5.29. The number of hydrogen-bond donors (Lipinski definition) is 2. The third kappa shape index (κ3) is 6.30. The highest BCUT2D eigenvalue weighted by Gasteiger charge is 2.25. The van der Waals surface area contributed by atoms with Crippen LogP contribution in [0.25, 0.3) is 0 Å². The number of hydrogen-bond acceptors (Lipinski definition) is 5. The van der Waals surface area contributed by atoms with Gasteiger partial charge in [0, 0.05) is 28.8 Å². The van der Waals surface area contributed by atoms with Crippen molar-refractivity contribution in [2.45, 2.75) is 62.6 Å². The Morgan fingerprint density at radius 1 is 1.33 bits per heavy atom. The van der Waals surface area contributed by atoms with E-state index in [1.54, 1.807) is 0 Å². The van der Waals surface area contributed by atoms with Crippen LogP contribution in [0.3, 0.4) is 0 Å². The van der Waals surface area contributed by atoms with Crippen LogP contribution in [0.4, 0.5) is 0 Å². The molecule has 2 aliphatic rings. The lowest BCUT2D eigenvalue weighted by molar-refractivity contribution is -0.109. The molecule has 0 saturated carbocycles. The zero-order valence-corrected chi connectivity index (χ0v) is 19.0. The molecular formula is C24H33N3O2S. The summed E-state index contributed by atoms with van der Waals surface area (Å²) in [6, 6.07) is 8.87. The lowest BCUT2D eigenvalue weighted by Gasteiger charge is -2.21. The zero-order valence-electron chi connectivity index (χ0n) is 18.2. The second kappa shape index (κ2) is 11.5. The molecule has 162 valence electrons. The zero-order chi connectivity index (χ0) is 21.3. The van der Waals surface area contributed by atoms with Crippen LogP contribution in [0, 0.1) is 5.92 Å². The lowest BCUT2D eigenvalue weighted by atomic mass is 9.99. The SMILES string of the molecule is CCC(CCNC=O)NOCC1=CCC2Sc3ccccc3C(CC(C)C)=NC2=C1. The fraction of sp³-hybridized carbons (Fsp3) is 0.500. The van der Waals surface area contributed by atoms with E-state index in [1.165, 1.54) is 16.2 Å². The molecule has 2 unspecified atom stereocenters. The molecule has 5 nitrogen and oxygen atoms in total. The Morgan fingerprint density at radius 3 is 2.93 bits per heavy atom. The number of carbonyl (C=O) groups excluding carboxylic acids is 1. The number of rotatable bonds is 11. The van der Waals surface area contributed by atoms with Crippen molar-refractivity contribution in [2.75, 3.05) is 13.2 Å². The van der Waals surface area contributed by atoms with Crippen molar-refractivity contribution >= 4 is 23.9 Å². The van der Waals surface area contributed by atoms with Crippen LogP contribution in [0.5, 0.6) is 0 Å². The van der Waals surface area contributed by atoms with Crippen LogP contribution >= 0.6 is 11.8 Å². The average Bonchev–Trinajstić information content (AvgIpc) is 2.88. The first-order chi connectivity index (χ1) is 14.6. The summed E-state index contributed by atoms with van der Waals surface area (Å²) in [6.45, 7) is 7.77. The van der Waals surface area contributed by atoms with E-state index in [4.69, 9.17) is 9.83 Å². The van der Waals surface area contributed by atoms with Crippen LogP contribution in [0.1, 0.15) is 52.0 Å². The van der Waals surface area contributed by atoms with Crippen LogP contribution in [-0.4, -0.2) is 36.6 Å². The van der Waals surface area contributed by atoms with Crippen LogP contribution in [-0.2, 0) is 9.63 Å². The van der Waals surface area contributed by atoms with E-state index in [1.807, 2.05) is 11.8 Å². The van der Waals surface area contributed by atoms with Crippen molar-refractivity contribution in [2.24, 2.45) is 10.9 Å². The standard InChI is InChI=1S/C24H33N3O2S/c1-4-19(11-12-25-16-28)27-29-15-18-9-10-24-22(14-18)26-21(13-17(2)3)20-7-5-6-8-23(20)30-24/h5-9,14,16-17,19,24,27H,4,10-13,15H2,1-3H3,(H,25,28). The smallest absolute Gasteiger partial charge is 0.207 e. The van der Waals surface area contributed by atoms with Gasteiger partial charge in [-0.3, -0.25) is 14.6 Å². The Balaban J connectivity index is 1.66. The Bertz CT molecular complexity index is 816. The Labute approximate surface area is 184 Å². The van der Waals surface area contributed by atoms with Gasteiger partial charge in [-0.05, 0) is 49.3 Å². The molecule has 1 amide bonds. The molecule has 1 aliphatic carbocycles. The van der Waals surface area contributed by atoms with Crippen molar-refractivity contribution < 1.29 is 9.63 Å². The van der Waals surface area contributed by atoms with Crippen molar-refractivity contribution in [3.05, 3.63) is 53.3 Å². The molecule has 2 N–H and O–H groups in total. The van der Waals surface area contributed by atoms with Gasteiger partial charge in [0.15, 0.2) is 0 Å². The van der Waals surface area contributed by atoms with Gasteiger partial charge in [-0.25, -0.2) is 0 Å². The summed E-state index contributed by atoms with van der Waals surface area (Å²) < 4.78 is 0. The Kier molecular flexibility index (Phi) is 8.73. The van der Waals surface area contributed by atoms with Gasteiger partial charge in [-0.2, -0.15) is 5.48 Å². The van der Waals surface area contributed by atoms with Gasteiger partial charge in [0.25, 0.3) is 0 Å². The molecule has 1 aromatic rings. The number of nitrogens with one attached hydrogen (secondary N) is 2. The second-order valence-electron chi connectivity index (χ2n) is 8.22. The number of benzene rings is 1. The molecule has 1 aromatic carbocycles. The highest BCUT2D eigenvalue weighted by atomic mass is 32.2. The molecule has 0 fully saturated rings. The molecule has 0 bridgehead atoms. The van der Waals surface area contributed by atoms with E-state index in [0.717, 1.165) is 43.4 Å². The van der Waals surface area contributed by atoms with Gasteiger partial charge in [-0.15, -0.1) is 11.8 Å².